The van der Waals surface area contributed by atoms with Crippen molar-refractivity contribution in [2.45, 2.75) is 38.9 Å². The topological polar surface area (TPSA) is 134 Å². The number of rotatable bonds is 9. The Kier molecular flexibility index (Phi) is 8.57. The molecule has 0 saturated carbocycles. The second-order valence-corrected chi connectivity index (χ2v) is 12.7. The number of hydrogen-bond acceptors (Lipinski definition) is 9. The van der Waals surface area contributed by atoms with Crippen LogP contribution >= 0.6 is 31.9 Å². The number of pyridine rings is 1. The minimum atomic E-state index is -4.01. The van der Waals surface area contributed by atoms with Crippen LogP contribution in [0.4, 0.5) is 5.95 Å². The molecular formula is C25H27Br2N7O4S. The van der Waals surface area contributed by atoms with Gasteiger partial charge in [0.25, 0.3) is 0 Å². The normalized spacial score (nSPS) is 13.1. The molecule has 2 atom stereocenters. The van der Waals surface area contributed by atoms with Gasteiger partial charge in [-0.1, -0.05) is 6.92 Å². The van der Waals surface area contributed by atoms with Gasteiger partial charge in [-0.25, -0.2) is 18.4 Å². The molecule has 0 saturated heterocycles. The highest BCUT2D eigenvalue weighted by Crippen LogP contribution is 2.46. The number of methoxy groups -OCH3 is 2. The van der Waals surface area contributed by atoms with Crippen molar-refractivity contribution in [1.29, 1.82) is 0 Å². The Labute approximate surface area is 243 Å². The molecule has 206 valence electrons. The molecule has 0 aliphatic carbocycles. The molecule has 1 aromatic carbocycles. The first-order valence-electron chi connectivity index (χ1n) is 11.8. The number of nitrogens with zero attached hydrogens (tertiary/aromatic N) is 6. The van der Waals surface area contributed by atoms with Crippen LogP contribution in [-0.4, -0.2) is 57.6 Å². The zero-order chi connectivity index (χ0) is 28.5. The van der Waals surface area contributed by atoms with Crippen molar-refractivity contribution < 1.29 is 17.9 Å². The quantitative estimate of drug-likeness (QED) is 0.253. The third-order valence-electron chi connectivity index (χ3n) is 6.18. The molecule has 0 aliphatic rings. The Morgan fingerprint density at radius 3 is 2.08 bits per heavy atom. The summed E-state index contributed by atoms with van der Waals surface area (Å²) in [6, 6.07) is 3.64. The summed E-state index contributed by atoms with van der Waals surface area (Å²) in [5.74, 6) is 0.943. The first kappa shape index (κ1) is 28.9. The van der Waals surface area contributed by atoms with E-state index in [1.807, 2.05) is 19.9 Å². The highest BCUT2D eigenvalue weighted by Gasteiger charge is 2.33. The van der Waals surface area contributed by atoms with Gasteiger partial charge in [0.15, 0.2) is 17.3 Å². The highest BCUT2D eigenvalue weighted by atomic mass is 79.9. The lowest BCUT2D eigenvalue weighted by Crippen LogP contribution is -2.31. The SMILES string of the molecule is COc1c(Br)cc(Br)c(OC)c1-n1c(NS(=O)(=O)[C@@H](C)[C@H](C)c2ncc(C)cn2)nnc1-c1cncc(C)c1. The van der Waals surface area contributed by atoms with E-state index in [4.69, 9.17) is 9.47 Å². The van der Waals surface area contributed by atoms with Crippen LogP contribution in [-0.2, 0) is 10.0 Å². The Hall–Kier alpha value is -3.10. The summed E-state index contributed by atoms with van der Waals surface area (Å²) < 4.78 is 44.1. The maximum atomic E-state index is 13.7. The summed E-state index contributed by atoms with van der Waals surface area (Å²) in [6.45, 7) is 7.13. The minimum Gasteiger partial charge on any atom is -0.493 e. The van der Waals surface area contributed by atoms with Crippen molar-refractivity contribution >= 4 is 47.8 Å². The lowest BCUT2D eigenvalue weighted by Gasteiger charge is -2.22. The van der Waals surface area contributed by atoms with Crippen LogP contribution in [0.1, 0.15) is 36.7 Å². The van der Waals surface area contributed by atoms with Gasteiger partial charge in [-0.15, -0.1) is 10.2 Å². The number of nitrogens with one attached hydrogen (secondary N) is 1. The van der Waals surface area contributed by atoms with Crippen LogP contribution in [0.15, 0.2) is 45.9 Å². The molecule has 11 nitrogen and oxygen atoms in total. The summed E-state index contributed by atoms with van der Waals surface area (Å²) >= 11 is 7.06. The summed E-state index contributed by atoms with van der Waals surface area (Å²) in [7, 11) is -1.00. The smallest absolute Gasteiger partial charge is 0.243 e. The number of anilines is 1. The average Bonchev–Trinajstić information content (AvgIpc) is 3.30. The van der Waals surface area contributed by atoms with Crippen molar-refractivity contribution in [2.24, 2.45) is 0 Å². The molecule has 4 rings (SSSR count). The molecule has 0 fully saturated rings. The number of halogens is 2. The Balaban J connectivity index is 1.90. The maximum absolute atomic E-state index is 13.7. The Morgan fingerprint density at radius 1 is 0.897 bits per heavy atom. The van der Waals surface area contributed by atoms with Gasteiger partial charge in [-0.2, -0.15) is 0 Å². The maximum Gasteiger partial charge on any atom is 0.243 e. The van der Waals surface area contributed by atoms with Gasteiger partial charge in [-0.05, 0) is 75.9 Å². The lowest BCUT2D eigenvalue weighted by molar-refractivity contribution is 0.388. The van der Waals surface area contributed by atoms with Gasteiger partial charge in [0.2, 0.25) is 16.0 Å². The first-order valence-corrected chi connectivity index (χ1v) is 14.9. The lowest BCUT2D eigenvalue weighted by atomic mass is 10.1. The van der Waals surface area contributed by atoms with E-state index in [2.05, 4.69) is 61.7 Å². The average molecular weight is 681 g/mol. The standard InChI is InChI=1S/C25H27Br2N7O4S/c1-13-7-17(12-28-9-13)24-31-32-25(34(24)20-21(37-5)18(26)8-19(27)22(20)38-6)33-39(35,36)16(4)15(3)23-29-10-14(2)11-30-23/h7-12,15-16H,1-6H3,(H,32,33)/t15-,16-/m0/s1. The van der Waals surface area contributed by atoms with Crippen molar-refractivity contribution in [3.05, 3.63) is 62.8 Å². The van der Waals surface area contributed by atoms with Gasteiger partial charge < -0.3 is 9.47 Å². The van der Waals surface area contributed by atoms with Crippen LogP contribution in [0.2, 0.25) is 0 Å². The van der Waals surface area contributed by atoms with Crippen LogP contribution in [0.5, 0.6) is 11.5 Å². The number of benzene rings is 1. The zero-order valence-electron chi connectivity index (χ0n) is 22.1. The fourth-order valence-corrected chi connectivity index (χ4v) is 6.62. The molecule has 0 bridgehead atoms. The molecule has 0 amide bonds. The third-order valence-corrected chi connectivity index (χ3v) is 9.21. The van der Waals surface area contributed by atoms with Crippen molar-refractivity contribution in [2.75, 3.05) is 18.9 Å². The van der Waals surface area contributed by atoms with Gasteiger partial charge in [0.05, 0.1) is 28.4 Å². The molecule has 0 aliphatic heterocycles. The van der Waals surface area contributed by atoms with Gasteiger partial charge in [0.1, 0.15) is 11.5 Å². The van der Waals surface area contributed by atoms with Crippen LogP contribution < -0.4 is 14.2 Å². The summed E-state index contributed by atoms with van der Waals surface area (Å²) in [6.07, 6.45) is 6.65. The van der Waals surface area contributed by atoms with E-state index in [-0.39, 0.29) is 5.95 Å². The fourth-order valence-electron chi connectivity index (χ4n) is 3.93. The molecular weight excluding hydrogens is 654 g/mol. The number of aromatic nitrogens is 6. The van der Waals surface area contributed by atoms with E-state index in [0.717, 1.165) is 11.1 Å². The van der Waals surface area contributed by atoms with E-state index in [0.29, 0.717) is 43.3 Å². The van der Waals surface area contributed by atoms with Crippen molar-refractivity contribution in [3.8, 4) is 28.6 Å². The van der Waals surface area contributed by atoms with E-state index < -0.39 is 21.2 Å². The molecule has 14 heteroatoms. The second kappa shape index (κ2) is 11.6. The predicted octanol–water partition coefficient (Wildman–Crippen LogP) is 5.21. The van der Waals surface area contributed by atoms with Gasteiger partial charge in [-0.3, -0.25) is 14.3 Å². The first-order chi connectivity index (χ1) is 18.5. The van der Waals surface area contributed by atoms with Crippen LogP contribution in [0.25, 0.3) is 17.1 Å². The molecule has 0 spiro atoms. The highest BCUT2D eigenvalue weighted by molar-refractivity contribution is 9.11. The molecule has 0 radical (unpaired) electrons. The van der Waals surface area contributed by atoms with Crippen LogP contribution in [0, 0.1) is 13.8 Å². The molecule has 4 aromatic rings. The molecule has 3 heterocycles. The number of hydrogen-bond donors (Lipinski definition) is 1. The number of ether oxygens (including phenoxy) is 2. The molecule has 1 N–H and O–H groups in total. The van der Waals surface area contributed by atoms with Gasteiger partial charge >= 0.3 is 0 Å². The van der Waals surface area contributed by atoms with E-state index >= 15 is 0 Å². The number of aryl methyl sites for hydroxylation is 2. The largest absolute Gasteiger partial charge is 0.493 e. The molecule has 3 aromatic heterocycles. The Morgan fingerprint density at radius 2 is 1.51 bits per heavy atom. The monoisotopic (exact) mass is 679 g/mol. The minimum absolute atomic E-state index is 0.0584. The second-order valence-electron chi connectivity index (χ2n) is 8.95. The molecule has 39 heavy (non-hydrogen) atoms. The Bertz CT molecular complexity index is 1580. The predicted molar refractivity (Wildman–Crippen MR) is 155 cm³/mol. The van der Waals surface area contributed by atoms with Crippen LogP contribution in [0.3, 0.4) is 0 Å². The van der Waals surface area contributed by atoms with E-state index in [1.165, 1.54) is 14.2 Å². The number of sulfonamides is 1. The molecule has 0 unspecified atom stereocenters. The van der Waals surface area contributed by atoms with E-state index in [9.17, 15) is 8.42 Å². The summed E-state index contributed by atoms with van der Waals surface area (Å²) in [5.41, 5.74) is 2.76. The summed E-state index contributed by atoms with van der Waals surface area (Å²) in [4.78, 5) is 12.9. The van der Waals surface area contributed by atoms with E-state index in [1.54, 1.807) is 49.3 Å². The van der Waals surface area contributed by atoms with Crippen molar-refractivity contribution in [3.63, 3.8) is 0 Å². The van der Waals surface area contributed by atoms with Crippen molar-refractivity contribution in [1.82, 2.24) is 29.7 Å². The fraction of sp³-hybridized carbons (Fsp3) is 0.320. The van der Waals surface area contributed by atoms with Gasteiger partial charge in [0, 0.05) is 36.3 Å². The third kappa shape index (κ3) is 5.77. The summed E-state index contributed by atoms with van der Waals surface area (Å²) in [5, 5.41) is 7.68. The zero-order valence-corrected chi connectivity index (χ0v) is 26.1.